The molecule has 1 aromatic rings. The molecule has 3 heterocycles. The third-order valence-electron chi connectivity index (χ3n) is 6.84. The third-order valence-corrected chi connectivity index (χ3v) is 6.84. The van der Waals surface area contributed by atoms with Gasteiger partial charge in [-0.05, 0) is 63.5 Å². The second-order valence-corrected chi connectivity index (χ2v) is 8.49. The minimum absolute atomic E-state index is 0.0405. The van der Waals surface area contributed by atoms with Crippen molar-refractivity contribution < 1.29 is 14.7 Å². The van der Waals surface area contributed by atoms with E-state index in [1.54, 1.807) is 30.3 Å². The zero-order chi connectivity index (χ0) is 19.9. The number of aliphatic hydroxyl groups excluding tert-OH is 1. The number of carbonyl (C=O) groups excluding carboxylic acids is 2. The van der Waals surface area contributed by atoms with Crippen molar-refractivity contribution in [2.24, 2.45) is 7.05 Å². The summed E-state index contributed by atoms with van der Waals surface area (Å²) in [4.78, 5) is 43.0. The smallest absolute Gasteiger partial charge is 0.263 e. The number of aryl methyl sites for hydroxylation is 1. The van der Waals surface area contributed by atoms with Crippen molar-refractivity contribution in [1.29, 1.82) is 0 Å². The van der Waals surface area contributed by atoms with Gasteiger partial charge in [-0.1, -0.05) is 0 Å². The number of amides is 2. The summed E-state index contributed by atoms with van der Waals surface area (Å²) in [5.41, 5.74) is -1.00. The molecule has 0 aromatic carbocycles. The lowest BCUT2D eigenvalue weighted by molar-refractivity contribution is -0.149. The molecule has 1 saturated carbocycles. The van der Waals surface area contributed by atoms with Crippen molar-refractivity contribution in [2.45, 2.75) is 69.1 Å². The lowest BCUT2D eigenvalue weighted by atomic mass is 9.82. The normalized spacial score (nSPS) is 30.9. The number of carbonyl (C=O) groups is 2. The summed E-state index contributed by atoms with van der Waals surface area (Å²) in [5, 5.41) is 9.80. The molecule has 1 unspecified atom stereocenters. The molecule has 1 N–H and O–H groups in total. The summed E-state index contributed by atoms with van der Waals surface area (Å²) in [6, 6.07) is 3.40. The standard InChI is InChI=1S/C21H29N3O4/c1-22-12-2-5-17(18(22)26)19(27)24-14-4-11-21(24)10-3-13-23(20(21)28)15-6-8-16(25)9-7-15/h2,5,12,15-16,25H,3-4,6-11,13-14H2,1H3. The van der Waals surface area contributed by atoms with Gasteiger partial charge in [-0.15, -0.1) is 0 Å². The molecule has 1 aromatic heterocycles. The Labute approximate surface area is 164 Å². The van der Waals surface area contributed by atoms with Crippen LogP contribution in [-0.4, -0.2) is 62.1 Å². The van der Waals surface area contributed by atoms with Crippen molar-refractivity contribution in [3.8, 4) is 0 Å². The molecule has 7 heteroatoms. The van der Waals surface area contributed by atoms with Crippen LogP contribution >= 0.6 is 0 Å². The molecule has 0 bridgehead atoms. The number of nitrogens with zero attached hydrogens (tertiary/aromatic N) is 3. The molecule has 3 aliphatic rings. The van der Waals surface area contributed by atoms with Gasteiger partial charge in [0.25, 0.3) is 11.5 Å². The first-order valence-corrected chi connectivity index (χ1v) is 10.4. The predicted octanol–water partition coefficient (Wildman–Crippen LogP) is 1.29. The first kappa shape index (κ1) is 19.2. The van der Waals surface area contributed by atoms with Gasteiger partial charge in [0.15, 0.2) is 0 Å². The number of pyridine rings is 1. The number of aliphatic hydroxyl groups is 1. The first-order chi connectivity index (χ1) is 13.4. The van der Waals surface area contributed by atoms with E-state index in [0.29, 0.717) is 19.4 Å². The molecule has 2 amide bonds. The summed E-state index contributed by atoms with van der Waals surface area (Å²) in [7, 11) is 1.63. The lowest BCUT2D eigenvalue weighted by Gasteiger charge is -2.48. The number of hydrogen-bond donors (Lipinski definition) is 1. The van der Waals surface area contributed by atoms with E-state index in [2.05, 4.69) is 0 Å². The fourth-order valence-electron chi connectivity index (χ4n) is 5.30. The van der Waals surface area contributed by atoms with Gasteiger partial charge in [0.1, 0.15) is 11.1 Å². The molecule has 3 fully saturated rings. The Morgan fingerprint density at radius 2 is 1.79 bits per heavy atom. The second-order valence-electron chi connectivity index (χ2n) is 8.49. The Kier molecular flexibility index (Phi) is 5.04. The number of likely N-dealkylation sites (tertiary alicyclic amines) is 2. The van der Waals surface area contributed by atoms with Gasteiger partial charge in [0.05, 0.1) is 6.10 Å². The van der Waals surface area contributed by atoms with Gasteiger partial charge in [-0.25, -0.2) is 0 Å². The summed E-state index contributed by atoms with van der Waals surface area (Å²) < 4.78 is 1.40. The van der Waals surface area contributed by atoms with Crippen molar-refractivity contribution in [3.05, 3.63) is 34.2 Å². The van der Waals surface area contributed by atoms with Crippen LogP contribution in [-0.2, 0) is 11.8 Å². The van der Waals surface area contributed by atoms with Crippen molar-refractivity contribution >= 4 is 11.8 Å². The van der Waals surface area contributed by atoms with Crippen LogP contribution in [0.4, 0.5) is 0 Å². The maximum Gasteiger partial charge on any atom is 0.263 e. The van der Waals surface area contributed by atoms with Gasteiger partial charge < -0.3 is 19.5 Å². The molecule has 152 valence electrons. The predicted molar refractivity (Wildman–Crippen MR) is 104 cm³/mol. The molecule has 2 aliphatic heterocycles. The van der Waals surface area contributed by atoms with Crippen LogP contribution in [0.5, 0.6) is 0 Å². The fourth-order valence-corrected chi connectivity index (χ4v) is 5.30. The van der Waals surface area contributed by atoms with Crippen molar-refractivity contribution in [2.75, 3.05) is 13.1 Å². The van der Waals surface area contributed by atoms with E-state index in [9.17, 15) is 19.5 Å². The van der Waals surface area contributed by atoms with Crippen LogP contribution in [0.2, 0.25) is 0 Å². The highest BCUT2D eigenvalue weighted by Crippen LogP contribution is 2.40. The number of hydrogen-bond acceptors (Lipinski definition) is 4. The minimum atomic E-state index is -0.813. The highest BCUT2D eigenvalue weighted by atomic mass is 16.3. The topological polar surface area (TPSA) is 82.8 Å². The SMILES string of the molecule is Cn1cccc(C(=O)N2CCCC23CCCN(C2CCC(O)CC2)C3=O)c1=O. The van der Waals surface area contributed by atoms with E-state index < -0.39 is 5.54 Å². The Hall–Kier alpha value is -2.15. The average Bonchev–Trinajstić information content (AvgIpc) is 3.11. The van der Waals surface area contributed by atoms with Gasteiger partial charge >= 0.3 is 0 Å². The van der Waals surface area contributed by atoms with E-state index in [-0.39, 0.29) is 35.1 Å². The second kappa shape index (κ2) is 7.35. The summed E-state index contributed by atoms with van der Waals surface area (Å²) in [6.07, 6.45) is 7.42. The van der Waals surface area contributed by atoms with Gasteiger partial charge in [-0.3, -0.25) is 14.4 Å². The summed E-state index contributed by atoms with van der Waals surface area (Å²) in [6.45, 7) is 1.23. The number of aromatic nitrogens is 1. The number of piperidine rings is 1. The van der Waals surface area contributed by atoms with E-state index in [1.165, 1.54) is 4.57 Å². The quantitative estimate of drug-likeness (QED) is 0.829. The molecular formula is C21H29N3O4. The Balaban J connectivity index is 1.62. The van der Waals surface area contributed by atoms with Gasteiger partial charge in [0.2, 0.25) is 5.91 Å². The zero-order valence-corrected chi connectivity index (χ0v) is 16.5. The highest BCUT2D eigenvalue weighted by Gasteiger charge is 2.54. The molecule has 0 radical (unpaired) electrons. The maximum absolute atomic E-state index is 13.6. The van der Waals surface area contributed by atoms with Crippen molar-refractivity contribution in [3.63, 3.8) is 0 Å². The van der Waals surface area contributed by atoms with Gasteiger partial charge in [-0.2, -0.15) is 0 Å². The fraction of sp³-hybridized carbons (Fsp3) is 0.667. The Morgan fingerprint density at radius 1 is 1.11 bits per heavy atom. The van der Waals surface area contributed by atoms with E-state index in [0.717, 1.165) is 45.1 Å². The van der Waals surface area contributed by atoms with Gasteiger partial charge in [0, 0.05) is 32.4 Å². The van der Waals surface area contributed by atoms with Crippen LogP contribution in [0.25, 0.3) is 0 Å². The molecule has 7 nitrogen and oxygen atoms in total. The lowest BCUT2D eigenvalue weighted by Crippen LogP contribution is -2.63. The maximum atomic E-state index is 13.6. The van der Waals surface area contributed by atoms with Crippen LogP contribution in [0.1, 0.15) is 61.7 Å². The van der Waals surface area contributed by atoms with Crippen LogP contribution in [0, 0.1) is 0 Å². The molecule has 28 heavy (non-hydrogen) atoms. The molecule has 4 rings (SSSR count). The summed E-state index contributed by atoms with van der Waals surface area (Å²) >= 11 is 0. The third kappa shape index (κ3) is 3.05. The zero-order valence-electron chi connectivity index (χ0n) is 16.5. The monoisotopic (exact) mass is 387 g/mol. The first-order valence-electron chi connectivity index (χ1n) is 10.4. The largest absolute Gasteiger partial charge is 0.393 e. The Bertz CT molecular complexity index is 827. The van der Waals surface area contributed by atoms with E-state index in [4.69, 9.17) is 0 Å². The summed E-state index contributed by atoms with van der Waals surface area (Å²) in [5.74, 6) is -0.285. The molecule has 1 spiro atoms. The number of rotatable bonds is 2. The Morgan fingerprint density at radius 3 is 2.50 bits per heavy atom. The molecule has 2 saturated heterocycles. The van der Waals surface area contributed by atoms with Crippen LogP contribution < -0.4 is 5.56 Å². The molecule has 1 atom stereocenters. The average molecular weight is 387 g/mol. The molecule has 1 aliphatic carbocycles. The minimum Gasteiger partial charge on any atom is -0.393 e. The van der Waals surface area contributed by atoms with Crippen LogP contribution in [0.15, 0.2) is 23.1 Å². The van der Waals surface area contributed by atoms with E-state index >= 15 is 0 Å². The van der Waals surface area contributed by atoms with E-state index in [1.807, 2.05) is 4.90 Å². The highest BCUT2D eigenvalue weighted by molar-refractivity contribution is 5.99. The van der Waals surface area contributed by atoms with Crippen molar-refractivity contribution in [1.82, 2.24) is 14.4 Å². The van der Waals surface area contributed by atoms with Crippen LogP contribution in [0.3, 0.4) is 0 Å². The molecular weight excluding hydrogens is 358 g/mol.